The van der Waals surface area contributed by atoms with Crippen molar-refractivity contribution in [2.75, 3.05) is 0 Å². The van der Waals surface area contributed by atoms with E-state index < -0.39 is 11.7 Å². The van der Waals surface area contributed by atoms with Gasteiger partial charge in [0.25, 0.3) is 0 Å². The van der Waals surface area contributed by atoms with E-state index in [4.69, 9.17) is 5.73 Å². The summed E-state index contributed by atoms with van der Waals surface area (Å²) in [6.07, 6.45) is -3.00. The Morgan fingerprint density at radius 1 is 1.37 bits per heavy atom. The molecule has 1 aromatic carbocycles. The largest absolute Gasteiger partial charge is 0.416 e. The van der Waals surface area contributed by atoms with Crippen LogP contribution >= 0.6 is 11.8 Å². The molecule has 19 heavy (non-hydrogen) atoms. The summed E-state index contributed by atoms with van der Waals surface area (Å²) in [5.74, 6) is 0. The van der Waals surface area contributed by atoms with Crippen LogP contribution in [-0.4, -0.2) is 14.8 Å². The normalized spacial score (nSPS) is 11.8. The van der Waals surface area contributed by atoms with Crippen LogP contribution in [0.15, 0.2) is 34.6 Å². The van der Waals surface area contributed by atoms with Gasteiger partial charge in [0.05, 0.1) is 5.56 Å². The zero-order chi connectivity index (χ0) is 14.0. The Kier molecular flexibility index (Phi) is 3.81. The fourth-order valence-corrected chi connectivity index (χ4v) is 2.39. The van der Waals surface area contributed by atoms with E-state index in [0.717, 1.165) is 6.07 Å². The fourth-order valence-electron chi connectivity index (χ4n) is 1.56. The smallest absolute Gasteiger partial charge is 0.326 e. The van der Waals surface area contributed by atoms with Gasteiger partial charge in [-0.3, -0.25) is 0 Å². The molecule has 2 aromatic rings. The van der Waals surface area contributed by atoms with Gasteiger partial charge in [-0.15, -0.1) is 0 Å². The highest BCUT2D eigenvalue weighted by molar-refractivity contribution is 7.99. The third kappa shape index (κ3) is 3.07. The number of rotatable bonds is 3. The Bertz CT molecular complexity index is 580. The van der Waals surface area contributed by atoms with Crippen molar-refractivity contribution in [3.05, 3.63) is 35.7 Å². The molecular weight excluding hydrogens is 277 g/mol. The molecule has 0 aliphatic carbocycles. The zero-order valence-electron chi connectivity index (χ0n) is 9.98. The molecule has 8 heteroatoms. The first-order chi connectivity index (χ1) is 8.91. The average molecular weight is 288 g/mol. The monoisotopic (exact) mass is 288 g/mol. The summed E-state index contributed by atoms with van der Waals surface area (Å²) in [6.45, 7) is -0.165. The van der Waals surface area contributed by atoms with Crippen molar-refractivity contribution in [1.29, 1.82) is 0 Å². The van der Waals surface area contributed by atoms with E-state index in [9.17, 15) is 13.2 Å². The Balaban J connectivity index is 2.32. The molecule has 0 amide bonds. The van der Waals surface area contributed by atoms with Gasteiger partial charge >= 0.3 is 6.18 Å². The molecular formula is C11H11F3N4S. The Morgan fingerprint density at radius 2 is 2.11 bits per heavy atom. The Hall–Kier alpha value is -1.54. The van der Waals surface area contributed by atoms with Crippen molar-refractivity contribution >= 4 is 11.8 Å². The molecule has 0 bridgehead atoms. The van der Waals surface area contributed by atoms with Crippen LogP contribution in [0.5, 0.6) is 0 Å². The first-order valence-corrected chi connectivity index (χ1v) is 6.15. The van der Waals surface area contributed by atoms with Gasteiger partial charge in [0.15, 0.2) is 5.16 Å². The molecule has 0 fully saturated rings. The number of benzene rings is 1. The molecule has 0 aliphatic heterocycles. The first-order valence-electron chi connectivity index (χ1n) is 5.34. The summed E-state index contributed by atoms with van der Waals surface area (Å²) in [4.78, 5) is 4.64. The van der Waals surface area contributed by atoms with E-state index >= 15 is 0 Å². The quantitative estimate of drug-likeness (QED) is 0.942. The van der Waals surface area contributed by atoms with E-state index in [1.54, 1.807) is 11.7 Å². The second-order valence-electron chi connectivity index (χ2n) is 3.79. The van der Waals surface area contributed by atoms with E-state index in [1.807, 2.05) is 0 Å². The maximum Gasteiger partial charge on any atom is 0.416 e. The van der Waals surface area contributed by atoms with E-state index in [2.05, 4.69) is 10.1 Å². The summed E-state index contributed by atoms with van der Waals surface area (Å²) < 4.78 is 39.7. The van der Waals surface area contributed by atoms with Crippen molar-refractivity contribution in [1.82, 2.24) is 14.8 Å². The van der Waals surface area contributed by atoms with E-state index in [-0.39, 0.29) is 12.1 Å². The summed E-state index contributed by atoms with van der Waals surface area (Å²) in [5, 5.41) is 4.49. The highest BCUT2D eigenvalue weighted by atomic mass is 32.2. The summed E-state index contributed by atoms with van der Waals surface area (Å²) in [5.41, 5.74) is 4.75. The molecule has 0 spiro atoms. The van der Waals surface area contributed by atoms with Crippen LogP contribution in [0, 0.1) is 0 Å². The highest BCUT2D eigenvalue weighted by Crippen LogP contribution is 2.35. The van der Waals surface area contributed by atoms with Crippen molar-refractivity contribution in [2.24, 2.45) is 12.8 Å². The van der Waals surface area contributed by atoms with Gasteiger partial charge in [-0.1, -0.05) is 11.8 Å². The van der Waals surface area contributed by atoms with Crippen LogP contribution in [0.2, 0.25) is 0 Å². The van der Waals surface area contributed by atoms with Gasteiger partial charge in [0.1, 0.15) is 6.33 Å². The standard InChI is InChI=1S/C11H11F3N4S/c1-18-10(16-6-17-18)19-8-2-3-9(11(12,13)14)7(4-8)5-15/h2-4,6H,5,15H2,1H3. The van der Waals surface area contributed by atoms with Crippen molar-refractivity contribution < 1.29 is 13.2 Å². The number of aryl methyl sites for hydroxylation is 1. The molecule has 0 aliphatic rings. The molecule has 1 heterocycles. The van der Waals surface area contributed by atoms with Gasteiger partial charge < -0.3 is 5.73 Å². The number of hydrogen-bond acceptors (Lipinski definition) is 4. The number of hydrogen-bond donors (Lipinski definition) is 1. The van der Waals surface area contributed by atoms with Crippen LogP contribution in [0.3, 0.4) is 0 Å². The molecule has 0 saturated heterocycles. The van der Waals surface area contributed by atoms with Gasteiger partial charge in [-0.2, -0.15) is 18.3 Å². The summed E-state index contributed by atoms with van der Waals surface area (Å²) in [7, 11) is 1.71. The van der Waals surface area contributed by atoms with Crippen molar-refractivity contribution in [2.45, 2.75) is 22.8 Å². The van der Waals surface area contributed by atoms with Crippen LogP contribution in [-0.2, 0) is 19.8 Å². The third-order valence-corrected chi connectivity index (χ3v) is 3.52. The van der Waals surface area contributed by atoms with Crippen molar-refractivity contribution in [3.63, 3.8) is 0 Å². The topological polar surface area (TPSA) is 56.7 Å². The average Bonchev–Trinajstić information content (AvgIpc) is 2.73. The molecule has 0 unspecified atom stereocenters. The van der Waals surface area contributed by atoms with Gasteiger partial charge in [-0.25, -0.2) is 9.67 Å². The molecule has 0 atom stereocenters. The molecule has 0 radical (unpaired) electrons. The Morgan fingerprint density at radius 3 is 2.63 bits per heavy atom. The minimum atomic E-state index is -4.39. The molecule has 2 rings (SSSR count). The van der Waals surface area contributed by atoms with E-state index in [1.165, 1.54) is 30.2 Å². The zero-order valence-corrected chi connectivity index (χ0v) is 10.8. The van der Waals surface area contributed by atoms with Crippen LogP contribution in [0.4, 0.5) is 13.2 Å². The van der Waals surface area contributed by atoms with Crippen LogP contribution in [0.1, 0.15) is 11.1 Å². The summed E-state index contributed by atoms with van der Waals surface area (Å²) >= 11 is 1.24. The van der Waals surface area contributed by atoms with Gasteiger partial charge in [0.2, 0.25) is 0 Å². The number of nitrogens with two attached hydrogens (primary N) is 1. The predicted octanol–water partition coefficient (Wildman–Crippen LogP) is 2.44. The minimum Gasteiger partial charge on any atom is -0.326 e. The predicted molar refractivity (Wildman–Crippen MR) is 64.5 cm³/mol. The number of nitrogens with zero attached hydrogens (tertiary/aromatic N) is 3. The second-order valence-corrected chi connectivity index (χ2v) is 4.83. The first kappa shape index (κ1) is 13.9. The molecule has 1 aromatic heterocycles. The lowest BCUT2D eigenvalue weighted by Gasteiger charge is -2.12. The van der Waals surface area contributed by atoms with Crippen molar-refractivity contribution in [3.8, 4) is 0 Å². The van der Waals surface area contributed by atoms with E-state index in [0.29, 0.717) is 10.1 Å². The lowest BCUT2D eigenvalue weighted by Crippen LogP contribution is -2.11. The molecule has 0 saturated carbocycles. The van der Waals surface area contributed by atoms with Gasteiger partial charge in [-0.05, 0) is 23.8 Å². The SMILES string of the molecule is Cn1ncnc1Sc1ccc(C(F)(F)F)c(CN)c1. The minimum absolute atomic E-state index is 0.0691. The van der Waals surface area contributed by atoms with Gasteiger partial charge in [0, 0.05) is 18.5 Å². The molecule has 4 nitrogen and oxygen atoms in total. The molecule has 2 N–H and O–H groups in total. The number of halogens is 3. The maximum absolute atomic E-state index is 12.7. The molecule has 102 valence electrons. The second kappa shape index (κ2) is 5.22. The lowest BCUT2D eigenvalue weighted by molar-refractivity contribution is -0.138. The maximum atomic E-state index is 12.7. The third-order valence-electron chi connectivity index (χ3n) is 2.48. The fraction of sp³-hybridized carbons (Fsp3) is 0.273. The number of aromatic nitrogens is 3. The number of alkyl halides is 3. The Labute approximate surface area is 111 Å². The summed E-state index contributed by atoms with van der Waals surface area (Å²) in [6, 6.07) is 3.88. The lowest BCUT2D eigenvalue weighted by atomic mass is 10.1. The van der Waals surface area contributed by atoms with Crippen LogP contribution < -0.4 is 5.73 Å². The van der Waals surface area contributed by atoms with Crippen LogP contribution in [0.25, 0.3) is 0 Å². The highest BCUT2D eigenvalue weighted by Gasteiger charge is 2.32.